The van der Waals surface area contributed by atoms with Crippen LogP contribution in [0.1, 0.15) is 18.0 Å². The summed E-state index contributed by atoms with van der Waals surface area (Å²) in [5.74, 6) is -0.947. The maximum atomic E-state index is 11.0. The zero-order valence-electron chi connectivity index (χ0n) is 9.53. The molecule has 0 saturated carbocycles. The van der Waals surface area contributed by atoms with E-state index in [1.54, 1.807) is 0 Å². The van der Waals surface area contributed by atoms with Crippen LogP contribution in [0.25, 0.3) is 0 Å². The van der Waals surface area contributed by atoms with Gasteiger partial charge < -0.3 is 15.6 Å². The van der Waals surface area contributed by atoms with Crippen LogP contribution in [0.2, 0.25) is 0 Å². The van der Waals surface area contributed by atoms with Crippen molar-refractivity contribution in [2.24, 2.45) is 5.73 Å². The van der Waals surface area contributed by atoms with E-state index in [4.69, 9.17) is 5.73 Å². The average molecular weight is 277 g/mol. The van der Waals surface area contributed by atoms with Crippen molar-refractivity contribution < 1.29 is 19.6 Å². The number of carbonyl (C=O) groups excluding carboxylic acids is 1. The first-order valence-corrected chi connectivity index (χ1v) is 4.75. The Hall–Kier alpha value is -1.86. The van der Waals surface area contributed by atoms with E-state index in [0.717, 1.165) is 6.07 Å². The van der Waals surface area contributed by atoms with E-state index in [1.165, 1.54) is 19.2 Å². The molecule has 3 N–H and O–H groups in total. The van der Waals surface area contributed by atoms with Gasteiger partial charge in [-0.1, -0.05) is 6.07 Å². The third-order valence-corrected chi connectivity index (χ3v) is 2.24. The van der Waals surface area contributed by atoms with Gasteiger partial charge in [-0.3, -0.25) is 14.9 Å². The molecule has 0 saturated heterocycles. The van der Waals surface area contributed by atoms with Crippen LogP contribution >= 0.6 is 12.4 Å². The van der Waals surface area contributed by atoms with Crippen molar-refractivity contribution in [1.29, 1.82) is 0 Å². The third kappa shape index (κ3) is 3.86. The minimum absolute atomic E-state index is 0. The van der Waals surface area contributed by atoms with E-state index in [2.05, 4.69) is 4.74 Å². The van der Waals surface area contributed by atoms with Gasteiger partial charge in [-0.2, -0.15) is 0 Å². The molecule has 0 fully saturated rings. The molecule has 0 aliphatic heterocycles. The van der Waals surface area contributed by atoms with Gasteiger partial charge in [-0.25, -0.2) is 0 Å². The van der Waals surface area contributed by atoms with Crippen LogP contribution in [0.4, 0.5) is 5.69 Å². The molecular formula is C10H13ClN2O5. The molecule has 0 bridgehead atoms. The van der Waals surface area contributed by atoms with E-state index in [1.807, 2.05) is 0 Å². The number of benzene rings is 1. The second-order valence-electron chi connectivity index (χ2n) is 3.39. The molecule has 8 heteroatoms. The Morgan fingerprint density at radius 3 is 2.72 bits per heavy atom. The van der Waals surface area contributed by atoms with Crippen molar-refractivity contribution in [1.82, 2.24) is 0 Å². The molecular weight excluding hydrogens is 264 g/mol. The van der Waals surface area contributed by atoms with Gasteiger partial charge in [0, 0.05) is 12.1 Å². The van der Waals surface area contributed by atoms with Crippen molar-refractivity contribution >= 4 is 24.1 Å². The molecule has 1 rings (SSSR count). The molecule has 0 aliphatic carbocycles. The largest absolute Gasteiger partial charge is 0.502 e. The van der Waals surface area contributed by atoms with Crippen molar-refractivity contribution in [3.05, 3.63) is 33.9 Å². The summed E-state index contributed by atoms with van der Waals surface area (Å²) >= 11 is 0. The standard InChI is InChI=1S/C10H12N2O5.ClH/c1-17-10(14)5-7(11)6-2-3-9(13)8(4-6)12(15)16;/h2-4,7,13H,5,11H2,1H3;1H/t7-;/m1./s1. The lowest BCUT2D eigenvalue weighted by atomic mass is 10.0. The molecule has 7 nitrogen and oxygen atoms in total. The van der Waals surface area contributed by atoms with Crippen LogP contribution < -0.4 is 5.73 Å². The van der Waals surface area contributed by atoms with Gasteiger partial charge >= 0.3 is 11.7 Å². The van der Waals surface area contributed by atoms with Crippen molar-refractivity contribution in [2.75, 3.05) is 7.11 Å². The second-order valence-corrected chi connectivity index (χ2v) is 3.39. The van der Waals surface area contributed by atoms with E-state index in [0.29, 0.717) is 5.56 Å². The topological polar surface area (TPSA) is 116 Å². The quantitative estimate of drug-likeness (QED) is 0.486. The lowest BCUT2D eigenvalue weighted by Gasteiger charge is -2.10. The lowest BCUT2D eigenvalue weighted by molar-refractivity contribution is -0.385. The second kappa shape index (κ2) is 6.77. The minimum atomic E-state index is -0.719. The average Bonchev–Trinajstić information content (AvgIpc) is 2.28. The molecule has 0 heterocycles. The summed E-state index contributed by atoms with van der Waals surface area (Å²) in [7, 11) is 1.23. The van der Waals surface area contributed by atoms with Gasteiger partial charge in [0.1, 0.15) is 0 Å². The van der Waals surface area contributed by atoms with E-state index >= 15 is 0 Å². The number of nitro groups is 1. The highest BCUT2D eigenvalue weighted by atomic mass is 35.5. The van der Waals surface area contributed by atoms with Gasteiger partial charge in [-0.05, 0) is 11.6 Å². The van der Waals surface area contributed by atoms with E-state index < -0.39 is 28.4 Å². The SMILES string of the molecule is COC(=O)C[C@@H](N)c1ccc(O)c([N+](=O)[O-])c1.Cl. The molecule has 0 amide bonds. The molecule has 100 valence electrons. The number of nitrogens with two attached hydrogens (primary N) is 1. The predicted octanol–water partition coefficient (Wildman–Crippen LogP) is 1.29. The smallest absolute Gasteiger partial charge is 0.311 e. The number of halogens is 1. The molecule has 0 unspecified atom stereocenters. The summed E-state index contributed by atoms with van der Waals surface area (Å²) < 4.78 is 4.44. The number of esters is 1. The molecule has 0 aromatic heterocycles. The number of hydrogen-bond donors (Lipinski definition) is 2. The van der Waals surface area contributed by atoms with Crippen LogP contribution in [-0.4, -0.2) is 23.1 Å². The number of aromatic hydroxyl groups is 1. The molecule has 1 aromatic rings. The van der Waals surface area contributed by atoms with Gasteiger partial charge in [0.05, 0.1) is 18.5 Å². The van der Waals surface area contributed by atoms with Crippen LogP contribution in [-0.2, 0) is 9.53 Å². The summed E-state index contributed by atoms with van der Waals surface area (Å²) in [5.41, 5.74) is 5.63. The summed E-state index contributed by atoms with van der Waals surface area (Å²) in [6.45, 7) is 0. The first-order valence-electron chi connectivity index (χ1n) is 4.75. The highest BCUT2D eigenvalue weighted by molar-refractivity contribution is 5.85. The van der Waals surface area contributed by atoms with Gasteiger partial charge in [0.15, 0.2) is 5.75 Å². The van der Waals surface area contributed by atoms with E-state index in [-0.39, 0.29) is 18.8 Å². The zero-order valence-corrected chi connectivity index (χ0v) is 10.3. The summed E-state index contributed by atoms with van der Waals surface area (Å²) in [4.78, 5) is 20.9. The molecule has 1 aromatic carbocycles. The lowest BCUT2D eigenvalue weighted by Crippen LogP contribution is -2.16. The fraction of sp³-hybridized carbons (Fsp3) is 0.300. The maximum Gasteiger partial charge on any atom is 0.311 e. The van der Waals surface area contributed by atoms with Crippen LogP contribution in [0.5, 0.6) is 5.75 Å². The first-order chi connectivity index (χ1) is 7.95. The summed E-state index contributed by atoms with van der Waals surface area (Å²) in [6.07, 6.45) is -0.0849. The van der Waals surface area contributed by atoms with Crippen LogP contribution in [0, 0.1) is 10.1 Å². The molecule has 0 aliphatic rings. The Morgan fingerprint density at radius 2 is 2.22 bits per heavy atom. The first kappa shape index (κ1) is 16.1. The summed E-state index contributed by atoms with van der Waals surface area (Å²) in [6, 6.07) is 3.03. The van der Waals surface area contributed by atoms with Crippen LogP contribution in [0.3, 0.4) is 0 Å². The van der Waals surface area contributed by atoms with Gasteiger partial charge in [0.25, 0.3) is 0 Å². The maximum absolute atomic E-state index is 11.0. The monoisotopic (exact) mass is 276 g/mol. The number of phenolic OH excluding ortho intramolecular Hbond substituents is 1. The van der Waals surface area contributed by atoms with Crippen molar-refractivity contribution in [3.63, 3.8) is 0 Å². The Labute approximate surface area is 109 Å². The number of methoxy groups -OCH3 is 1. The Balaban J connectivity index is 0.00000289. The number of ether oxygens (including phenoxy) is 1. The summed E-state index contributed by atoms with van der Waals surface area (Å²) in [5, 5.41) is 19.8. The number of nitrogens with zero attached hydrogens (tertiary/aromatic N) is 1. The zero-order chi connectivity index (χ0) is 13.0. The molecule has 0 radical (unpaired) electrons. The fourth-order valence-corrected chi connectivity index (χ4v) is 1.30. The van der Waals surface area contributed by atoms with Crippen molar-refractivity contribution in [2.45, 2.75) is 12.5 Å². The van der Waals surface area contributed by atoms with Gasteiger partial charge in [-0.15, -0.1) is 12.4 Å². The minimum Gasteiger partial charge on any atom is -0.502 e. The fourth-order valence-electron chi connectivity index (χ4n) is 1.30. The number of rotatable bonds is 4. The number of phenols is 1. The Bertz CT molecular complexity index is 452. The Morgan fingerprint density at radius 1 is 1.61 bits per heavy atom. The highest BCUT2D eigenvalue weighted by Gasteiger charge is 2.18. The predicted molar refractivity (Wildman–Crippen MR) is 65.6 cm³/mol. The number of nitro benzene ring substituents is 1. The van der Waals surface area contributed by atoms with E-state index in [9.17, 15) is 20.0 Å². The Kier molecular flexibility index (Phi) is 6.07. The number of hydrogen-bond acceptors (Lipinski definition) is 6. The van der Waals surface area contributed by atoms with Gasteiger partial charge in [0.2, 0.25) is 0 Å². The van der Waals surface area contributed by atoms with Crippen LogP contribution in [0.15, 0.2) is 18.2 Å². The number of carbonyl (C=O) groups is 1. The van der Waals surface area contributed by atoms with Crippen molar-refractivity contribution in [3.8, 4) is 5.75 Å². The normalized spacial score (nSPS) is 11.2. The highest BCUT2D eigenvalue weighted by Crippen LogP contribution is 2.29. The molecule has 18 heavy (non-hydrogen) atoms. The third-order valence-electron chi connectivity index (χ3n) is 2.24. The molecule has 0 spiro atoms. The molecule has 1 atom stereocenters.